The molecule has 0 radical (unpaired) electrons. The molecule has 2 rings (SSSR count). The third kappa shape index (κ3) is 3.48. The van der Waals surface area contributed by atoms with Gasteiger partial charge < -0.3 is 14.5 Å². The summed E-state index contributed by atoms with van der Waals surface area (Å²) in [5, 5.41) is 2.52. The van der Waals surface area contributed by atoms with Gasteiger partial charge in [0.25, 0.3) is 5.91 Å². The fourth-order valence-electron chi connectivity index (χ4n) is 1.59. The van der Waals surface area contributed by atoms with Crippen LogP contribution in [0.2, 0.25) is 5.22 Å². The number of amides is 1. The van der Waals surface area contributed by atoms with Gasteiger partial charge in [0.05, 0.1) is 11.8 Å². The van der Waals surface area contributed by atoms with Crippen molar-refractivity contribution < 1.29 is 22.7 Å². The van der Waals surface area contributed by atoms with Crippen molar-refractivity contribution in [1.82, 2.24) is 5.32 Å². The van der Waals surface area contributed by atoms with Crippen LogP contribution in [0.15, 0.2) is 41.0 Å². The molecule has 0 bridgehead atoms. The number of hydrogen-bond donors (Lipinski definition) is 1. The molecule has 1 aromatic heterocycles. The zero-order valence-electron chi connectivity index (χ0n) is 10.1. The fourth-order valence-corrected chi connectivity index (χ4v) is 1.79. The molecule has 1 heterocycles. The Morgan fingerprint density at radius 2 is 2.10 bits per heavy atom. The number of rotatable bonds is 5. The molecular formula is C13H10ClF2NO3. The van der Waals surface area contributed by atoms with Gasteiger partial charge in [-0.3, -0.25) is 4.79 Å². The molecule has 106 valence electrons. The molecule has 0 aliphatic heterocycles. The summed E-state index contributed by atoms with van der Waals surface area (Å²) in [7, 11) is 0. The lowest BCUT2D eigenvalue weighted by Gasteiger charge is -2.11. The van der Waals surface area contributed by atoms with Crippen LogP contribution in [0.4, 0.5) is 8.78 Å². The van der Waals surface area contributed by atoms with E-state index in [-0.39, 0.29) is 23.1 Å². The van der Waals surface area contributed by atoms with Crippen LogP contribution in [-0.2, 0) is 6.54 Å². The van der Waals surface area contributed by atoms with E-state index in [4.69, 9.17) is 16.0 Å². The van der Waals surface area contributed by atoms with Crippen LogP contribution in [0.1, 0.15) is 15.9 Å². The Morgan fingerprint density at radius 3 is 2.75 bits per heavy atom. The van der Waals surface area contributed by atoms with Gasteiger partial charge >= 0.3 is 6.61 Å². The van der Waals surface area contributed by atoms with E-state index in [1.54, 1.807) is 18.2 Å². The van der Waals surface area contributed by atoms with Gasteiger partial charge in [-0.15, -0.1) is 0 Å². The third-order valence-electron chi connectivity index (χ3n) is 2.49. The first-order chi connectivity index (χ1) is 9.58. The lowest BCUT2D eigenvalue weighted by atomic mass is 10.2. The summed E-state index contributed by atoms with van der Waals surface area (Å²) >= 11 is 5.67. The van der Waals surface area contributed by atoms with Gasteiger partial charge in [-0.25, -0.2) is 0 Å². The van der Waals surface area contributed by atoms with Crippen LogP contribution >= 0.6 is 11.6 Å². The van der Waals surface area contributed by atoms with Gasteiger partial charge in [-0.1, -0.05) is 18.2 Å². The molecule has 1 aromatic carbocycles. The predicted molar refractivity (Wildman–Crippen MR) is 68.0 cm³/mol. The summed E-state index contributed by atoms with van der Waals surface area (Å²) < 4.78 is 33.6. The number of benzene rings is 1. The van der Waals surface area contributed by atoms with E-state index in [0.717, 1.165) is 0 Å². The Balaban J connectivity index is 2.04. The minimum absolute atomic E-state index is 0.0149. The van der Waals surface area contributed by atoms with Crippen molar-refractivity contribution in [2.75, 3.05) is 0 Å². The van der Waals surface area contributed by atoms with E-state index < -0.39 is 12.5 Å². The van der Waals surface area contributed by atoms with Crippen LogP contribution in [0.25, 0.3) is 0 Å². The summed E-state index contributed by atoms with van der Waals surface area (Å²) in [5.41, 5.74) is 0.611. The number of alkyl halides is 2. The average molecular weight is 302 g/mol. The van der Waals surface area contributed by atoms with Gasteiger partial charge in [0.1, 0.15) is 5.75 Å². The molecule has 20 heavy (non-hydrogen) atoms. The maximum Gasteiger partial charge on any atom is 0.387 e. The standard InChI is InChI=1S/C13H10ClF2NO3/c14-11-9(5-6-19-11)12(18)17-7-8-3-1-2-4-10(8)20-13(15)16/h1-6,13H,7H2,(H,17,18). The number of carbonyl (C=O) groups is 1. The molecule has 0 atom stereocenters. The van der Waals surface area contributed by atoms with Crippen LogP contribution < -0.4 is 10.1 Å². The van der Waals surface area contributed by atoms with Gasteiger partial charge in [0.2, 0.25) is 5.22 Å². The molecule has 0 aliphatic rings. The maximum atomic E-state index is 12.2. The van der Waals surface area contributed by atoms with E-state index >= 15 is 0 Å². The molecule has 4 nitrogen and oxygen atoms in total. The Kier molecular flexibility index (Phi) is 4.57. The quantitative estimate of drug-likeness (QED) is 0.920. The molecule has 0 saturated heterocycles. The number of ether oxygens (including phenoxy) is 1. The fraction of sp³-hybridized carbons (Fsp3) is 0.154. The Labute approximate surface area is 118 Å². The first kappa shape index (κ1) is 14.3. The normalized spacial score (nSPS) is 10.6. The van der Waals surface area contributed by atoms with Crippen LogP contribution in [0.3, 0.4) is 0 Å². The molecule has 0 spiro atoms. The molecular weight excluding hydrogens is 292 g/mol. The van der Waals surface area contributed by atoms with E-state index in [1.807, 2.05) is 0 Å². The van der Waals surface area contributed by atoms with Crippen molar-refractivity contribution in [1.29, 1.82) is 0 Å². The smallest absolute Gasteiger partial charge is 0.387 e. The minimum Gasteiger partial charge on any atom is -0.452 e. The summed E-state index contributed by atoms with van der Waals surface area (Å²) in [6, 6.07) is 7.62. The number of halogens is 3. The number of furan rings is 1. The zero-order chi connectivity index (χ0) is 14.5. The molecule has 1 amide bonds. The SMILES string of the molecule is O=C(NCc1ccccc1OC(F)F)c1ccoc1Cl. The van der Waals surface area contributed by atoms with Gasteiger partial charge in [-0.2, -0.15) is 8.78 Å². The zero-order valence-corrected chi connectivity index (χ0v) is 10.9. The van der Waals surface area contributed by atoms with Crippen LogP contribution in [0.5, 0.6) is 5.75 Å². The Bertz CT molecular complexity index is 601. The number of nitrogens with one attached hydrogen (secondary N) is 1. The molecule has 0 saturated carbocycles. The Hall–Kier alpha value is -2.08. The summed E-state index contributed by atoms with van der Waals surface area (Å²) in [6.07, 6.45) is 1.28. The largest absolute Gasteiger partial charge is 0.452 e. The molecule has 0 unspecified atom stereocenters. The van der Waals surface area contributed by atoms with Gasteiger partial charge in [-0.05, 0) is 23.7 Å². The van der Waals surface area contributed by atoms with Crippen LogP contribution in [0, 0.1) is 0 Å². The van der Waals surface area contributed by atoms with Crippen molar-refractivity contribution >= 4 is 17.5 Å². The summed E-state index contributed by atoms with van der Waals surface area (Å²) in [4.78, 5) is 11.8. The van der Waals surface area contributed by atoms with Crippen molar-refractivity contribution in [3.63, 3.8) is 0 Å². The monoisotopic (exact) mass is 301 g/mol. The van der Waals surface area contributed by atoms with E-state index in [9.17, 15) is 13.6 Å². The molecule has 0 fully saturated rings. The van der Waals surface area contributed by atoms with E-state index in [2.05, 4.69) is 10.1 Å². The highest BCUT2D eigenvalue weighted by Crippen LogP contribution is 2.21. The van der Waals surface area contributed by atoms with Crippen molar-refractivity contribution in [3.05, 3.63) is 52.9 Å². The second-order valence-corrected chi connectivity index (χ2v) is 4.12. The predicted octanol–water partition coefficient (Wildman–Crippen LogP) is 3.46. The highest BCUT2D eigenvalue weighted by molar-refractivity contribution is 6.32. The summed E-state index contributed by atoms with van der Waals surface area (Å²) in [5.74, 6) is -0.448. The second-order valence-electron chi connectivity index (χ2n) is 3.78. The number of carbonyl (C=O) groups excluding carboxylic acids is 1. The first-order valence-electron chi connectivity index (χ1n) is 5.62. The Morgan fingerprint density at radius 1 is 1.35 bits per heavy atom. The van der Waals surface area contributed by atoms with Crippen molar-refractivity contribution in [2.24, 2.45) is 0 Å². The second kappa shape index (κ2) is 6.38. The molecule has 7 heteroatoms. The molecule has 1 N–H and O–H groups in total. The average Bonchev–Trinajstić information content (AvgIpc) is 2.83. The minimum atomic E-state index is -2.92. The number of hydrogen-bond acceptors (Lipinski definition) is 3. The van der Waals surface area contributed by atoms with Gasteiger partial charge in [0.15, 0.2) is 0 Å². The van der Waals surface area contributed by atoms with Gasteiger partial charge in [0, 0.05) is 12.1 Å². The highest BCUT2D eigenvalue weighted by Gasteiger charge is 2.14. The summed E-state index contributed by atoms with van der Waals surface area (Å²) in [6.45, 7) is -2.89. The topological polar surface area (TPSA) is 51.5 Å². The van der Waals surface area contributed by atoms with Crippen molar-refractivity contribution in [3.8, 4) is 5.75 Å². The lowest BCUT2D eigenvalue weighted by Crippen LogP contribution is -2.23. The molecule has 2 aromatic rings. The highest BCUT2D eigenvalue weighted by atomic mass is 35.5. The third-order valence-corrected chi connectivity index (χ3v) is 2.78. The van der Waals surface area contributed by atoms with E-state index in [0.29, 0.717) is 5.56 Å². The van der Waals surface area contributed by atoms with Crippen molar-refractivity contribution in [2.45, 2.75) is 13.2 Å². The van der Waals surface area contributed by atoms with Crippen LogP contribution in [-0.4, -0.2) is 12.5 Å². The molecule has 0 aliphatic carbocycles. The lowest BCUT2D eigenvalue weighted by molar-refractivity contribution is -0.0504. The van der Waals surface area contributed by atoms with E-state index in [1.165, 1.54) is 18.4 Å². The number of para-hydroxylation sites is 1. The maximum absolute atomic E-state index is 12.2. The first-order valence-corrected chi connectivity index (χ1v) is 5.99.